The van der Waals surface area contributed by atoms with Gasteiger partial charge in [0.1, 0.15) is 0 Å². The van der Waals surface area contributed by atoms with Gasteiger partial charge in [0.25, 0.3) is 5.91 Å². The molecule has 132 valence electrons. The minimum Gasteiger partial charge on any atom is -0.478 e. The van der Waals surface area contributed by atoms with E-state index < -0.39 is 0 Å². The number of carbonyl (C=O) groups is 1. The summed E-state index contributed by atoms with van der Waals surface area (Å²) in [5.41, 5.74) is 0.513. The number of hydrogen-bond acceptors (Lipinski definition) is 5. The molecule has 1 aromatic heterocycles. The van der Waals surface area contributed by atoms with Crippen LogP contribution in [0.15, 0.2) is 6.07 Å². The van der Waals surface area contributed by atoms with Crippen molar-refractivity contribution in [2.45, 2.75) is 38.3 Å². The lowest BCUT2D eigenvalue weighted by Gasteiger charge is -2.31. The van der Waals surface area contributed by atoms with Crippen molar-refractivity contribution in [2.24, 2.45) is 5.92 Å². The van der Waals surface area contributed by atoms with Crippen molar-refractivity contribution in [2.75, 3.05) is 39.4 Å². The molecule has 1 N–H and O–H groups in total. The van der Waals surface area contributed by atoms with Crippen LogP contribution in [0.5, 0.6) is 5.88 Å². The zero-order valence-corrected chi connectivity index (χ0v) is 14.1. The summed E-state index contributed by atoms with van der Waals surface area (Å²) in [6.07, 6.45) is 4.46. The molecule has 1 atom stereocenters. The van der Waals surface area contributed by atoms with Gasteiger partial charge in [0, 0.05) is 45.3 Å². The average Bonchev–Trinajstić information content (AvgIpc) is 3.29. The Morgan fingerprint density at radius 1 is 1.33 bits per heavy atom. The lowest BCUT2D eigenvalue weighted by atomic mass is 9.97. The standard InChI is InChI=1S/C17H26N4O3/c22-17(15-10-16-21(19-15)6-1-9-23-16)20-7-3-13(4-8-20)12-24-14-2-5-18-11-14/h10,13-14,18H,1-9,11-12H2. The molecule has 4 heterocycles. The zero-order valence-electron chi connectivity index (χ0n) is 14.1. The van der Waals surface area contributed by atoms with Crippen LogP contribution in [0.2, 0.25) is 0 Å². The molecule has 0 aromatic carbocycles. The largest absolute Gasteiger partial charge is 0.478 e. The van der Waals surface area contributed by atoms with Crippen molar-refractivity contribution in [1.29, 1.82) is 0 Å². The summed E-state index contributed by atoms with van der Waals surface area (Å²) in [6, 6.07) is 1.78. The van der Waals surface area contributed by atoms with E-state index >= 15 is 0 Å². The quantitative estimate of drug-likeness (QED) is 0.886. The Labute approximate surface area is 142 Å². The Bertz CT molecular complexity index is 551. The van der Waals surface area contributed by atoms with E-state index in [0.29, 0.717) is 24.3 Å². The van der Waals surface area contributed by atoms with E-state index in [4.69, 9.17) is 9.47 Å². The van der Waals surface area contributed by atoms with E-state index in [1.807, 2.05) is 4.90 Å². The number of piperidine rings is 1. The van der Waals surface area contributed by atoms with Gasteiger partial charge >= 0.3 is 0 Å². The predicted octanol–water partition coefficient (Wildman–Crippen LogP) is 0.896. The van der Waals surface area contributed by atoms with Crippen molar-refractivity contribution in [3.8, 4) is 5.88 Å². The molecule has 2 saturated heterocycles. The van der Waals surface area contributed by atoms with Gasteiger partial charge in [0.15, 0.2) is 5.69 Å². The first kappa shape index (κ1) is 15.9. The van der Waals surface area contributed by atoms with Crippen LogP contribution in [0, 0.1) is 5.92 Å². The van der Waals surface area contributed by atoms with Gasteiger partial charge in [-0.3, -0.25) is 4.79 Å². The van der Waals surface area contributed by atoms with Gasteiger partial charge in [-0.15, -0.1) is 0 Å². The molecule has 7 nitrogen and oxygen atoms in total. The van der Waals surface area contributed by atoms with E-state index in [2.05, 4.69) is 10.4 Å². The maximum Gasteiger partial charge on any atom is 0.274 e. The Morgan fingerprint density at radius 2 is 2.21 bits per heavy atom. The second kappa shape index (κ2) is 7.11. The zero-order chi connectivity index (χ0) is 16.4. The fraction of sp³-hybridized carbons (Fsp3) is 0.765. The first-order chi connectivity index (χ1) is 11.8. The first-order valence-electron chi connectivity index (χ1n) is 9.12. The highest BCUT2D eigenvalue weighted by molar-refractivity contribution is 5.92. The summed E-state index contributed by atoms with van der Waals surface area (Å²) < 4.78 is 13.3. The van der Waals surface area contributed by atoms with Crippen LogP contribution in [-0.2, 0) is 11.3 Å². The van der Waals surface area contributed by atoms with Crippen LogP contribution in [0.3, 0.4) is 0 Å². The number of amides is 1. The average molecular weight is 334 g/mol. The molecule has 0 bridgehead atoms. The van der Waals surface area contributed by atoms with Gasteiger partial charge < -0.3 is 19.7 Å². The summed E-state index contributed by atoms with van der Waals surface area (Å²) in [4.78, 5) is 14.6. The van der Waals surface area contributed by atoms with E-state index in [1.54, 1.807) is 10.7 Å². The third kappa shape index (κ3) is 3.42. The van der Waals surface area contributed by atoms with E-state index in [0.717, 1.165) is 70.9 Å². The van der Waals surface area contributed by atoms with Crippen molar-refractivity contribution in [3.63, 3.8) is 0 Å². The lowest BCUT2D eigenvalue weighted by Crippen LogP contribution is -2.40. The number of aryl methyl sites for hydroxylation is 1. The minimum absolute atomic E-state index is 0.0276. The van der Waals surface area contributed by atoms with Gasteiger partial charge in [0.05, 0.1) is 12.7 Å². The molecular formula is C17H26N4O3. The van der Waals surface area contributed by atoms with Crippen LogP contribution in [0.25, 0.3) is 0 Å². The summed E-state index contributed by atoms with van der Waals surface area (Å²) in [5.74, 6) is 1.31. The molecule has 3 aliphatic heterocycles. The molecule has 4 rings (SSSR count). The van der Waals surface area contributed by atoms with Crippen LogP contribution >= 0.6 is 0 Å². The fourth-order valence-corrected chi connectivity index (χ4v) is 3.68. The van der Waals surface area contributed by atoms with Crippen molar-refractivity contribution < 1.29 is 14.3 Å². The predicted molar refractivity (Wildman–Crippen MR) is 88.2 cm³/mol. The molecule has 24 heavy (non-hydrogen) atoms. The normalized spacial score (nSPS) is 24.7. The molecule has 1 aromatic rings. The molecule has 7 heteroatoms. The van der Waals surface area contributed by atoms with E-state index in [-0.39, 0.29) is 5.91 Å². The third-order valence-corrected chi connectivity index (χ3v) is 5.21. The summed E-state index contributed by atoms with van der Waals surface area (Å²) in [5, 5.41) is 7.73. The Hall–Kier alpha value is -1.60. The number of hydrogen-bond donors (Lipinski definition) is 1. The van der Waals surface area contributed by atoms with Crippen LogP contribution in [-0.4, -0.2) is 66.1 Å². The molecule has 0 aliphatic carbocycles. The number of ether oxygens (including phenoxy) is 2. The second-order valence-electron chi connectivity index (χ2n) is 6.98. The first-order valence-corrected chi connectivity index (χ1v) is 9.12. The number of nitrogens with zero attached hydrogens (tertiary/aromatic N) is 3. The molecule has 3 aliphatic rings. The maximum atomic E-state index is 12.6. The Balaban J connectivity index is 1.27. The number of carbonyl (C=O) groups excluding carboxylic acids is 1. The van der Waals surface area contributed by atoms with Crippen molar-refractivity contribution in [3.05, 3.63) is 11.8 Å². The summed E-state index contributed by atoms with van der Waals surface area (Å²) in [6.45, 7) is 5.98. The van der Waals surface area contributed by atoms with Crippen molar-refractivity contribution in [1.82, 2.24) is 20.0 Å². The van der Waals surface area contributed by atoms with Gasteiger partial charge in [0.2, 0.25) is 5.88 Å². The number of nitrogens with one attached hydrogen (secondary N) is 1. The third-order valence-electron chi connectivity index (χ3n) is 5.21. The van der Waals surface area contributed by atoms with Gasteiger partial charge in [-0.05, 0) is 31.7 Å². The van der Waals surface area contributed by atoms with Crippen LogP contribution in [0.4, 0.5) is 0 Å². The van der Waals surface area contributed by atoms with Crippen LogP contribution < -0.4 is 10.1 Å². The number of likely N-dealkylation sites (tertiary alicyclic amines) is 1. The monoisotopic (exact) mass is 334 g/mol. The second-order valence-corrected chi connectivity index (χ2v) is 6.98. The van der Waals surface area contributed by atoms with Crippen LogP contribution in [0.1, 0.15) is 36.2 Å². The molecule has 0 saturated carbocycles. The van der Waals surface area contributed by atoms with Gasteiger partial charge in [-0.2, -0.15) is 5.10 Å². The number of fused-ring (bicyclic) bond motifs is 1. The van der Waals surface area contributed by atoms with Gasteiger partial charge in [-0.1, -0.05) is 0 Å². The SMILES string of the molecule is O=C(c1cc2n(n1)CCCO2)N1CCC(COC2CCNC2)CC1. The minimum atomic E-state index is 0.0276. The Kier molecular flexibility index (Phi) is 4.71. The highest BCUT2D eigenvalue weighted by atomic mass is 16.5. The smallest absolute Gasteiger partial charge is 0.274 e. The number of aromatic nitrogens is 2. The van der Waals surface area contributed by atoms with E-state index in [1.165, 1.54) is 0 Å². The van der Waals surface area contributed by atoms with E-state index in [9.17, 15) is 4.79 Å². The molecule has 0 radical (unpaired) electrons. The molecule has 1 amide bonds. The number of rotatable bonds is 4. The van der Waals surface area contributed by atoms with Crippen molar-refractivity contribution >= 4 is 5.91 Å². The molecule has 1 unspecified atom stereocenters. The topological polar surface area (TPSA) is 68.6 Å². The molecular weight excluding hydrogens is 308 g/mol. The highest BCUT2D eigenvalue weighted by Gasteiger charge is 2.27. The highest BCUT2D eigenvalue weighted by Crippen LogP contribution is 2.23. The Morgan fingerprint density at radius 3 is 2.96 bits per heavy atom. The maximum absolute atomic E-state index is 12.6. The molecule has 2 fully saturated rings. The summed E-state index contributed by atoms with van der Waals surface area (Å²) in [7, 11) is 0. The fourth-order valence-electron chi connectivity index (χ4n) is 3.68. The summed E-state index contributed by atoms with van der Waals surface area (Å²) >= 11 is 0. The molecule has 0 spiro atoms. The lowest BCUT2D eigenvalue weighted by molar-refractivity contribution is 0.0216. The van der Waals surface area contributed by atoms with Gasteiger partial charge in [-0.25, -0.2) is 4.68 Å².